The minimum atomic E-state index is -2.22. The summed E-state index contributed by atoms with van der Waals surface area (Å²) < 4.78 is 28.8. The molecule has 0 aliphatic carbocycles. The maximum atomic E-state index is 13.5. The zero-order chi connectivity index (χ0) is 41.1. The third-order valence-electron chi connectivity index (χ3n) is 6.54. The normalized spacial score (nSPS) is 10.6. The van der Waals surface area contributed by atoms with Gasteiger partial charge in [0.15, 0.2) is 0 Å². The molecule has 0 aromatic carbocycles. The highest BCUT2D eigenvalue weighted by Crippen LogP contribution is 2.07. The molecule has 1 rings (SSSR count). The Balaban J connectivity index is 3.76. The number of ether oxygens (including phenoxy) is 6. The van der Waals surface area contributed by atoms with Crippen molar-refractivity contribution in [3.63, 3.8) is 0 Å². The number of rotatable bonds is 21. The van der Waals surface area contributed by atoms with E-state index < -0.39 is 108 Å². The molecule has 0 spiro atoms. The summed E-state index contributed by atoms with van der Waals surface area (Å²) in [5.74, 6) is -19.0. The molecule has 0 saturated heterocycles. The molecule has 0 fully saturated rings. The van der Waals surface area contributed by atoms with Gasteiger partial charge < -0.3 is 44.4 Å². The number of carbonyl (C=O) groups is 9. The van der Waals surface area contributed by atoms with Gasteiger partial charge in [0.2, 0.25) is 35.5 Å². The van der Waals surface area contributed by atoms with Crippen LogP contribution in [0.4, 0.5) is 0 Å². The molecular weight excluding hydrogens is 732 g/mol. The molecule has 54 heavy (non-hydrogen) atoms. The summed E-state index contributed by atoms with van der Waals surface area (Å²) in [6.45, 7) is 3.23. The molecule has 0 unspecified atom stereocenters. The molecule has 0 bridgehead atoms. The standard InChI is InChI=1S/C30H42N6O18/c1-7-49-22(40)16(23(41)50-8-2)19(37)31-13-34-28(46)35(14-32-20(38)17(24(42)51-9-3)25(43)52-10-4)30(48)36(29(34)47)15-33-21(39)18(26(44)53-11-5)27(45)54-12-6/h16-18H,7-15H2,1-6H3,(H,31,37)(H,32,38)(H,33,39). The molecule has 24 heteroatoms. The van der Waals surface area contributed by atoms with E-state index in [1.54, 1.807) is 0 Å². The van der Waals surface area contributed by atoms with E-state index >= 15 is 0 Å². The van der Waals surface area contributed by atoms with Crippen LogP contribution in [0, 0.1) is 17.8 Å². The average Bonchev–Trinajstić information content (AvgIpc) is 3.09. The van der Waals surface area contributed by atoms with E-state index in [-0.39, 0.29) is 53.3 Å². The van der Waals surface area contributed by atoms with Crippen LogP contribution >= 0.6 is 0 Å². The van der Waals surface area contributed by atoms with Crippen molar-refractivity contribution in [3.05, 3.63) is 31.5 Å². The van der Waals surface area contributed by atoms with Gasteiger partial charge in [-0.25, -0.2) is 28.1 Å². The van der Waals surface area contributed by atoms with E-state index in [1.807, 2.05) is 16.0 Å². The van der Waals surface area contributed by atoms with Crippen LogP contribution in [0.3, 0.4) is 0 Å². The van der Waals surface area contributed by atoms with Crippen molar-refractivity contribution in [2.75, 3.05) is 39.6 Å². The van der Waals surface area contributed by atoms with E-state index in [9.17, 15) is 57.5 Å². The van der Waals surface area contributed by atoms with Crippen LogP contribution in [0.2, 0.25) is 0 Å². The maximum Gasteiger partial charge on any atom is 0.339 e. The van der Waals surface area contributed by atoms with Crippen LogP contribution in [0.15, 0.2) is 14.4 Å². The SMILES string of the molecule is CCOC(=O)C(C(=O)NCn1c(=O)n(CNC(=O)C(C(=O)OCC)C(=O)OCC)c(=O)n(CNC(=O)C(C(=O)OCC)C(=O)OCC)c1=O)C(=O)OCC. The molecule has 0 aliphatic rings. The highest BCUT2D eigenvalue weighted by molar-refractivity contribution is 6.15. The van der Waals surface area contributed by atoms with Crippen molar-refractivity contribution >= 4 is 53.5 Å². The third-order valence-corrected chi connectivity index (χ3v) is 6.54. The second kappa shape index (κ2) is 22.5. The fourth-order valence-electron chi connectivity index (χ4n) is 4.15. The molecule has 1 aromatic heterocycles. The quantitative estimate of drug-likeness (QED) is 0.0603. The van der Waals surface area contributed by atoms with Crippen molar-refractivity contribution in [1.82, 2.24) is 29.7 Å². The lowest BCUT2D eigenvalue weighted by Gasteiger charge is -2.18. The molecule has 1 heterocycles. The Morgan fingerprint density at radius 3 is 0.704 bits per heavy atom. The largest absolute Gasteiger partial charge is 0.465 e. The Hall–Kier alpha value is -6.36. The number of amides is 3. The number of hydrogen-bond acceptors (Lipinski definition) is 18. The van der Waals surface area contributed by atoms with E-state index in [1.165, 1.54) is 41.5 Å². The van der Waals surface area contributed by atoms with Gasteiger partial charge in [0.05, 0.1) is 39.6 Å². The summed E-state index contributed by atoms with van der Waals surface area (Å²) in [6.07, 6.45) is 0. The molecule has 0 radical (unpaired) electrons. The lowest BCUT2D eigenvalue weighted by molar-refractivity contribution is -0.167. The minimum absolute atomic E-state index is 0.146. The maximum absolute atomic E-state index is 13.5. The lowest BCUT2D eigenvalue weighted by Crippen LogP contribution is -2.59. The van der Waals surface area contributed by atoms with Crippen LogP contribution in [0.1, 0.15) is 41.5 Å². The van der Waals surface area contributed by atoms with Gasteiger partial charge in [-0.3, -0.25) is 43.2 Å². The summed E-state index contributed by atoms with van der Waals surface area (Å²) in [4.78, 5) is 154. The van der Waals surface area contributed by atoms with Gasteiger partial charge in [0.25, 0.3) is 0 Å². The molecule has 0 atom stereocenters. The number of carbonyl (C=O) groups excluding carboxylic acids is 9. The molecule has 24 nitrogen and oxygen atoms in total. The highest BCUT2D eigenvalue weighted by atomic mass is 16.6. The Kier molecular flexibility index (Phi) is 19.1. The van der Waals surface area contributed by atoms with Gasteiger partial charge in [0.1, 0.15) is 20.0 Å². The molecule has 0 saturated carbocycles. The lowest BCUT2D eigenvalue weighted by atomic mass is 10.1. The second-order valence-electron chi connectivity index (χ2n) is 10.0. The van der Waals surface area contributed by atoms with Gasteiger partial charge in [-0.1, -0.05) is 0 Å². The van der Waals surface area contributed by atoms with E-state index in [2.05, 4.69) is 0 Å². The molecular formula is C30H42N6O18. The fourth-order valence-corrected chi connectivity index (χ4v) is 4.15. The third kappa shape index (κ3) is 12.1. The van der Waals surface area contributed by atoms with Crippen LogP contribution < -0.4 is 33.0 Å². The smallest absolute Gasteiger partial charge is 0.339 e. The Morgan fingerprint density at radius 2 is 0.556 bits per heavy atom. The van der Waals surface area contributed by atoms with Gasteiger partial charge in [-0.15, -0.1) is 0 Å². The number of esters is 6. The molecule has 3 N–H and O–H groups in total. The number of hydrogen-bond donors (Lipinski definition) is 3. The molecule has 1 aromatic rings. The first-order chi connectivity index (χ1) is 25.6. The molecule has 3 amide bonds. The summed E-state index contributed by atoms with van der Waals surface area (Å²) in [7, 11) is 0. The van der Waals surface area contributed by atoms with Crippen LogP contribution in [0.5, 0.6) is 0 Å². The molecule has 0 aliphatic heterocycles. The van der Waals surface area contributed by atoms with E-state index in [0.29, 0.717) is 0 Å². The summed E-state index contributed by atoms with van der Waals surface area (Å²) in [5.41, 5.74) is -4.68. The summed E-state index contributed by atoms with van der Waals surface area (Å²) in [6, 6.07) is 0. The summed E-state index contributed by atoms with van der Waals surface area (Å²) in [5, 5.41) is 5.97. The highest BCUT2D eigenvalue weighted by Gasteiger charge is 2.39. The predicted molar refractivity (Wildman–Crippen MR) is 174 cm³/mol. The van der Waals surface area contributed by atoms with Gasteiger partial charge >= 0.3 is 52.9 Å². The Bertz CT molecular complexity index is 1480. The van der Waals surface area contributed by atoms with Crippen LogP contribution in [-0.4, -0.2) is 107 Å². The van der Waals surface area contributed by atoms with Gasteiger partial charge in [-0.2, -0.15) is 0 Å². The van der Waals surface area contributed by atoms with Crippen molar-refractivity contribution in [1.29, 1.82) is 0 Å². The van der Waals surface area contributed by atoms with Crippen LogP contribution in [0.25, 0.3) is 0 Å². The molecule has 300 valence electrons. The zero-order valence-electron chi connectivity index (χ0n) is 30.3. The number of nitrogens with zero attached hydrogens (tertiary/aromatic N) is 3. The van der Waals surface area contributed by atoms with E-state index in [4.69, 9.17) is 28.4 Å². The van der Waals surface area contributed by atoms with Crippen molar-refractivity contribution in [2.24, 2.45) is 17.8 Å². The zero-order valence-corrected chi connectivity index (χ0v) is 30.3. The van der Waals surface area contributed by atoms with Crippen molar-refractivity contribution in [3.8, 4) is 0 Å². The first-order valence-electron chi connectivity index (χ1n) is 16.3. The number of aromatic nitrogens is 3. The van der Waals surface area contributed by atoms with Gasteiger partial charge in [-0.05, 0) is 41.5 Å². The predicted octanol–water partition coefficient (Wildman–Crippen LogP) is -4.38. The fraction of sp³-hybridized carbons (Fsp3) is 0.600. The van der Waals surface area contributed by atoms with Crippen LogP contribution in [-0.2, 0) is 91.6 Å². The Morgan fingerprint density at radius 1 is 0.389 bits per heavy atom. The monoisotopic (exact) mass is 774 g/mol. The first-order valence-corrected chi connectivity index (χ1v) is 16.3. The summed E-state index contributed by atoms with van der Waals surface area (Å²) >= 11 is 0. The van der Waals surface area contributed by atoms with Gasteiger partial charge in [0, 0.05) is 0 Å². The Labute approximate surface area is 305 Å². The average molecular weight is 775 g/mol. The second-order valence-corrected chi connectivity index (χ2v) is 10.0. The minimum Gasteiger partial charge on any atom is -0.465 e. The van der Waals surface area contributed by atoms with E-state index in [0.717, 1.165) is 0 Å². The first kappa shape index (κ1) is 45.7. The van der Waals surface area contributed by atoms with Crippen molar-refractivity contribution in [2.45, 2.75) is 61.5 Å². The topological polar surface area (TPSA) is 311 Å². The van der Waals surface area contributed by atoms with Crippen molar-refractivity contribution < 1.29 is 71.6 Å². The number of nitrogens with one attached hydrogen (secondary N) is 3.